The van der Waals surface area contributed by atoms with Crippen LogP contribution in [-0.2, 0) is 4.74 Å². The van der Waals surface area contributed by atoms with Crippen LogP contribution in [0.5, 0.6) is 0 Å². The number of hydrogen-bond acceptors (Lipinski definition) is 4. The first-order valence-electron chi connectivity index (χ1n) is 7.48. The monoisotopic (exact) mass is 313 g/mol. The number of esters is 1. The van der Waals surface area contributed by atoms with Crippen molar-refractivity contribution >= 4 is 29.0 Å². The van der Waals surface area contributed by atoms with Crippen molar-refractivity contribution in [3.05, 3.63) is 33.9 Å². The third kappa shape index (κ3) is 3.04. The summed E-state index contributed by atoms with van der Waals surface area (Å²) in [6, 6.07) is 1.84. The van der Waals surface area contributed by atoms with Crippen LogP contribution in [0.4, 0.5) is 5.82 Å². The Balaban J connectivity index is 2.86. The van der Waals surface area contributed by atoms with Crippen molar-refractivity contribution in [2.75, 3.05) is 21.2 Å². The molecule has 5 nitrogen and oxygen atoms in total. The van der Waals surface area contributed by atoms with Crippen molar-refractivity contribution in [3.63, 3.8) is 0 Å². The number of aromatic nitrogens is 1. The number of nitrogens with zero attached hydrogens (tertiary/aromatic N) is 3. The molecule has 1 heterocycles. The van der Waals surface area contributed by atoms with E-state index in [0.29, 0.717) is 11.4 Å². The van der Waals surface area contributed by atoms with Crippen LogP contribution in [0.2, 0.25) is 0 Å². The second-order valence-corrected chi connectivity index (χ2v) is 5.96. The number of benzene rings is 1. The highest BCUT2D eigenvalue weighted by Crippen LogP contribution is 2.31. The second kappa shape index (κ2) is 6.36. The normalized spacial score (nSPS) is 11.3. The average molecular weight is 313 g/mol. The van der Waals surface area contributed by atoms with E-state index in [4.69, 9.17) is 4.74 Å². The topological polar surface area (TPSA) is 54.8 Å². The minimum absolute atomic E-state index is 0.379. The SMILES string of the molecule is COC(=O)c1cc2c(C)c(C)c(C)c(C)c2nc1N=CN(C)C. The number of aliphatic imine (C=N–C) groups is 1. The summed E-state index contributed by atoms with van der Waals surface area (Å²) in [6.07, 6.45) is 1.63. The van der Waals surface area contributed by atoms with E-state index in [2.05, 4.69) is 30.7 Å². The summed E-state index contributed by atoms with van der Waals surface area (Å²) in [4.78, 5) is 22.9. The van der Waals surface area contributed by atoms with Gasteiger partial charge in [-0.15, -0.1) is 0 Å². The van der Waals surface area contributed by atoms with Crippen molar-refractivity contribution in [2.45, 2.75) is 27.7 Å². The van der Waals surface area contributed by atoms with Gasteiger partial charge in [0.2, 0.25) is 0 Å². The van der Waals surface area contributed by atoms with Crippen molar-refractivity contribution in [3.8, 4) is 0 Å². The lowest BCUT2D eigenvalue weighted by atomic mass is 9.94. The van der Waals surface area contributed by atoms with Gasteiger partial charge in [-0.05, 0) is 56.0 Å². The average Bonchev–Trinajstić information content (AvgIpc) is 2.54. The molecule has 0 radical (unpaired) electrons. The number of pyridine rings is 1. The van der Waals surface area contributed by atoms with Crippen molar-refractivity contribution < 1.29 is 9.53 Å². The molecule has 0 bridgehead atoms. The standard InChI is InChI=1S/C18H23N3O2/c1-10-11(2)13(4)16-14(12(10)3)8-15(18(22)23-7)17(20-16)19-9-21(5)6/h8-9H,1-7H3. The smallest absolute Gasteiger partial charge is 0.341 e. The molecule has 23 heavy (non-hydrogen) atoms. The first-order chi connectivity index (χ1) is 10.8. The van der Waals surface area contributed by atoms with E-state index in [9.17, 15) is 4.79 Å². The highest BCUT2D eigenvalue weighted by molar-refractivity contribution is 6.00. The molecular weight excluding hydrogens is 290 g/mol. The molecule has 0 spiro atoms. The Morgan fingerprint density at radius 1 is 1.13 bits per heavy atom. The van der Waals surface area contributed by atoms with Gasteiger partial charge in [-0.1, -0.05) is 0 Å². The number of fused-ring (bicyclic) bond motifs is 1. The van der Waals surface area contributed by atoms with Gasteiger partial charge in [0.05, 0.1) is 19.0 Å². The van der Waals surface area contributed by atoms with Gasteiger partial charge in [0.25, 0.3) is 0 Å². The first-order valence-corrected chi connectivity index (χ1v) is 7.48. The van der Waals surface area contributed by atoms with Gasteiger partial charge in [-0.25, -0.2) is 14.8 Å². The third-order valence-corrected chi connectivity index (χ3v) is 4.27. The highest BCUT2D eigenvalue weighted by atomic mass is 16.5. The van der Waals surface area contributed by atoms with Gasteiger partial charge >= 0.3 is 5.97 Å². The van der Waals surface area contributed by atoms with E-state index in [1.165, 1.54) is 18.2 Å². The minimum atomic E-state index is -0.430. The van der Waals surface area contributed by atoms with Gasteiger partial charge < -0.3 is 9.64 Å². The van der Waals surface area contributed by atoms with Crippen LogP contribution in [0, 0.1) is 27.7 Å². The molecule has 0 saturated carbocycles. The second-order valence-electron chi connectivity index (χ2n) is 5.96. The zero-order valence-electron chi connectivity index (χ0n) is 14.8. The molecule has 0 N–H and O–H groups in total. The van der Waals surface area contributed by atoms with E-state index < -0.39 is 5.97 Å². The number of methoxy groups -OCH3 is 1. The number of carbonyl (C=O) groups is 1. The third-order valence-electron chi connectivity index (χ3n) is 4.27. The van der Waals surface area contributed by atoms with Crippen LogP contribution in [0.15, 0.2) is 11.1 Å². The molecule has 0 fully saturated rings. The zero-order chi connectivity index (χ0) is 17.3. The molecule has 2 rings (SSSR count). The van der Waals surface area contributed by atoms with E-state index in [1.807, 2.05) is 27.1 Å². The summed E-state index contributed by atoms with van der Waals surface area (Å²) >= 11 is 0. The summed E-state index contributed by atoms with van der Waals surface area (Å²) in [6.45, 7) is 8.28. The van der Waals surface area contributed by atoms with Gasteiger partial charge in [-0.3, -0.25) is 0 Å². The Hall–Kier alpha value is -2.43. The van der Waals surface area contributed by atoms with E-state index in [-0.39, 0.29) is 0 Å². The van der Waals surface area contributed by atoms with Crippen LogP contribution in [0.25, 0.3) is 10.9 Å². The van der Waals surface area contributed by atoms with Crippen LogP contribution in [0.3, 0.4) is 0 Å². The van der Waals surface area contributed by atoms with Crippen molar-refractivity contribution in [2.24, 2.45) is 4.99 Å². The molecule has 0 unspecified atom stereocenters. The Kier molecular flexibility index (Phi) is 4.68. The summed E-state index contributed by atoms with van der Waals surface area (Å²) in [5.74, 6) is -0.0515. The van der Waals surface area contributed by atoms with Crippen molar-refractivity contribution in [1.82, 2.24) is 9.88 Å². The first kappa shape index (κ1) is 16.9. The quantitative estimate of drug-likeness (QED) is 0.494. The minimum Gasteiger partial charge on any atom is -0.465 e. The van der Waals surface area contributed by atoms with Crippen LogP contribution >= 0.6 is 0 Å². The lowest BCUT2D eigenvalue weighted by molar-refractivity contribution is 0.0601. The van der Waals surface area contributed by atoms with E-state index in [0.717, 1.165) is 22.0 Å². The van der Waals surface area contributed by atoms with Gasteiger partial charge in [0, 0.05) is 19.5 Å². The summed E-state index contributed by atoms with van der Waals surface area (Å²) < 4.78 is 4.89. The molecule has 0 amide bonds. The van der Waals surface area contributed by atoms with E-state index >= 15 is 0 Å². The largest absolute Gasteiger partial charge is 0.465 e. The molecule has 0 aliphatic carbocycles. The maximum Gasteiger partial charge on any atom is 0.341 e. The van der Waals surface area contributed by atoms with Gasteiger partial charge in [0.1, 0.15) is 5.56 Å². The number of hydrogen-bond donors (Lipinski definition) is 0. The maximum absolute atomic E-state index is 12.1. The zero-order valence-corrected chi connectivity index (χ0v) is 14.8. The highest BCUT2D eigenvalue weighted by Gasteiger charge is 2.18. The van der Waals surface area contributed by atoms with Crippen molar-refractivity contribution in [1.29, 1.82) is 0 Å². The van der Waals surface area contributed by atoms with Crippen LogP contribution in [0.1, 0.15) is 32.6 Å². The molecule has 1 aromatic heterocycles. The summed E-state index contributed by atoms with van der Waals surface area (Å²) in [5.41, 5.74) is 5.94. The summed E-state index contributed by atoms with van der Waals surface area (Å²) in [5, 5.41) is 0.967. The predicted octanol–water partition coefficient (Wildman–Crippen LogP) is 3.48. The molecule has 5 heteroatoms. The fourth-order valence-corrected chi connectivity index (χ4v) is 2.55. The molecule has 122 valence electrons. The Bertz CT molecular complexity index is 808. The summed E-state index contributed by atoms with van der Waals surface area (Å²) in [7, 11) is 5.10. The maximum atomic E-state index is 12.1. The molecule has 2 aromatic rings. The molecule has 0 aliphatic heterocycles. The molecule has 0 saturated heterocycles. The van der Waals surface area contributed by atoms with Crippen LogP contribution in [-0.4, -0.2) is 43.4 Å². The lowest BCUT2D eigenvalue weighted by Gasteiger charge is -2.15. The molecule has 0 atom stereocenters. The fourth-order valence-electron chi connectivity index (χ4n) is 2.55. The molecule has 1 aromatic carbocycles. The van der Waals surface area contributed by atoms with Crippen LogP contribution < -0.4 is 0 Å². The number of ether oxygens (including phenoxy) is 1. The van der Waals surface area contributed by atoms with Gasteiger partial charge in [-0.2, -0.15) is 0 Å². The van der Waals surface area contributed by atoms with E-state index in [1.54, 1.807) is 11.2 Å². The Morgan fingerprint density at radius 2 is 1.74 bits per heavy atom. The Labute approximate surface area is 137 Å². The fraction of sp³-hybridized carbons (Fsp3) is 0.389. The number of rotatable bonds is 3. The Morgan fingerprint density at radius 3 is 2.30 bits per heavy atom. The van der Waals surface area contributed by atoms with Gasteiger partial charge in [0.15, 0.2) is 5.82 Å². The number of carbonyl (C=O) groups excluding carboxylic acids is 1. The predicted molar refractivity (Wildman–Crippen MR) is 93.9 cm³/mol. The number of aryl methyl sites for hydroxylation is 2. The molecule has 0 aliphatic rings. The molecular formula is C18H23N3O2. The lowest BCUT2D eigenvalue weighted by Crippen LogP contribution is -2.09.